The smallest absolute Gasteiger partial charge is 0.410 e. The van der Waals surface area contributed by atoms with Crippen LogP contribution in [0.4, 0.5) is 9.18 Å². The zero-order valence-electron chi connectivity index (χ0n) is 19.6. The van der Waals surface area contributed by atoms with Gasteiger partial charge in [-0.25, -0.2) is 9.78 Å². The normalized spacial score (nSPS) is 22.6. The lowest BCUT2D eigenvalue weighted by Crippen LogP contribution is -2.48. The van der Waals surface area contributed by atoms with Crippen molar-refractivity contribution in [2.45, 2.75) is 50.6 Å². The topological polar surface area (TPSA) is 59.5 Å². The molecule has 1 amide bonds. The average molecular weight is 471 g/mol. The van der Waals surface area contributed by atoms with Crippen LogP contribution in [0.5, 0.6) is 0 Å². The third-order valence-electron chi connectivity index (χ3n) is 7.97. The van der Waals surface area contributed by atoms with Crippen LogP contribution in [0, 0.1) is 18.8 Å². The molecule has 0 saturated carbocycles. The number of amides is 1. The Morgan fingerprint density at radius 3 is 2.14 bits per heavy atom. The van der Waals surface area contributed by atoms with E-state index < -0.39 is 5.95 Å². The lowest BCUT2D eigenvalue weighted by molar-refractivity contribution is 0.0505. The van der Waals surface area contributed by atoms with E-state index in [0.717, 1.165) is 12.8 Å². The number of carbonyl (C=O) groups is 2. The molecule has 0 spiro atoms. The molecule has 3 aliphatic rings. The summed E-state index contributed by atoms with van der Waals surface area (Å²) in [6.07, 6.45) is 2.68. The molecule has 3 heterocycles. The fraction of sp³-hybridized carbons (Fsp3) is 0.345. The summed E-state index contributed by atoms with van der Waals surface area (Å²) < 4.78 is 19.3. The first kappa shape index (κ1) is 22.0. The molecule has 6 heteroatoms. The van der Waals surface area contributed by atoms with E-state index in [1.807, 2.05) is 29.2 Å². The number of hydrogen-bond donors (Lipinski definition) is 0. The van der Waals surface area contributed by atoms with Crippen LogP contribution >= 0.6 is 0 Å². The maximum absolute atomic E-state index is 13.4. The third kappa shape index (κ3) is 3.72. The summed E-state index contributed by atoms with van der Waals surface area (Å²) in [5.41, 5.74) is 5.68. The van der Waals surface area contributed by atoms with Crippen LogP contribution in [0.3, 0.4) is 0 Å². The molecule has 0 radical (unpaired) electrons. The molecule has 2 saturated heterocycles. The van der Waals surface area contributed by atoms with Crippen LogP contribution in [-0.4, -0.2) is 40.5 Å². The molecule has 2 fully saturated rings. The van der Waals surface area contributed by atoms with Gasteiger partial charge in [-0.2, -0.15) is 4.39 Å². The molecule has 1 aromatic heterocycles. The second-order valence-corrected chi connectivity index (χ2v) is 9.90. The monoisotopic (exact) mass is 470 g/mol. The molecule has 2 unspecified atom stereocenters. The van der Waals surface area contributed by atoms with E-state index in [4.69, 9.17) is 4.74 Å². The number of rotatable bonds is 4. The predicted molar refractivity (Wildman–Crippen MR) is 130 cm³/mol. The minimum absolute atomic E-state index is 0.000845. The Labute approximate surface area is 203 Å². The van der Waals surface area contributed by atoms with Gasteiger partial charge < -0.3 is 9.64 Å². The van der Waals surface area contributed by atoms with Crippen molar-refractivity contribution in [3.05, 3.63) is 89.0 Å². The number of nitrogens with zero attached hydrogens (tertiary/aromatic N) is 2. The first-order valence-corrected chi connectivity index (χ1v) is 12.3. The number of Topliss-reactive ketones (excluding diaryl/α,β-unsaturated/α-hetero) is 1. The molecule has 6 rings (SSSR count). The van der Waals surface area contributed by atoms with Crippen LogP contribution in [0.25, 0.3) is 11.1 Å². The zero-order chi connectivity index (χ0) is 24.1. The number of piperidine rings is 1. The van der Waals surface area contributed by atoms with Gasteiger partial charge in [0.05, 0.1) is 5.69 Å². The quantitative estimate of drug-likeness (QED) is 0.352. The molecule has 1 aliphatic carbocycles. The highest BCUT2D eigenvalue weighted by molar-refractivity contribution is 5.99. The molecule has 3 aromatic rings. The van der Waals surface area contributed by atoms with Crippen molar-refractivity contribution in [3.63, 3.8) is 0 Å². The molecule has 178 valence electrons. The number of ketones is 1. The minimum atomic E-state index is -0.579. The van der Waals surface area contributed by atoms with Gasteiger partial charge >= 0.3 is 6.09 Å². The molecule has 35 heavy (non-hydrogen) atoms. The highest BCUT2D eigenvalue weighted by Crippen LogP contribution is 2.45. The van der Waals surface area contributed by atoms with Gasteiger partial charge in [-0.05, 0) is 67.0 Å². The van der Waals surface area contributed by atoms with Gasteiger partial charge in [0.25, 0.3) is 0 Å². The van der Waals surface area contributed by atoms with Crippen molar-refractivity contribution in [3.8, 4) is 11.1 Å². The van der Waals surface area contributed by atoms with E-state index in [1.165, 1.54) is 34.4 Å². The largest absolute Gasteiger partial charge is 0.448 e. The van der Waals surface area contributed by atoms with E-state index >= 15 is 0 Å². The van der Waals surface area contributed by atoms with Crippen molar-refractivity contribution in [1.29, 1.82) is 0 Å². The van der Waals surface area contributed by atoms with Gasteiger partial charge in [0.15, 0.2) is 5.78 Å². The summed E-state index contributed by atoms with van der Waals surface area (Å²) in [7, 11) is 0. The van der Waals surface area contributed by atoms with Crippen molar-refractivity contribution >= 4 is 11.9 Å². The number of hydrogen-bond acceptors (Lipinski definition) is 4. The number of aromatic nitrogens is 1. The van der Waals surface area contributed by atoms with Crippen LogP contribution in [0.15, 0.2) is 60.7 Å². The number of carbonyl (C=O) groups excluding carboxylic acids is 2. The Bertz CT molecular complexity index is 1260. The van der Waals surface area contributed by atoms with E-state index in [2.05, 4.69) is 29.2 Å². The molecule has 5 nitrogen and oxygen atoms in total. The fourth-order valence-corrected chi connectivity index (χ4v) is 6.37. The second-order valence-electron chi connectivity index (χ2n) is 9.90. The van der Waals surface area contributed by atoms with Gasteiger partial charge in [0.2, 0.25) is 5.95 Å². The summed E-state index contributed by atoms with van der Waals surface area (Å²) in [5.74, 6) is -0.739. The highest BCUT2D eigenvalue weighted by atomic mass is 19.1. The molecule has 2 aliphatic heterocycles. The van der Waals surface area contributed by atoms with Crippen molar-refractivity contribution in [2.24, 2.45) is 5.92 Å². The summed E-state index contributed by atoms with van der Waals surface area (Å²) in [4.78, 5) is 32.1. The average Bonchev–Trinajstić information content (AvgIpc) is 3.33. The van der Waals surface area contributed by atoms with Crippen molar-refractivity contribution < 1.29 is 18.7 Å². The molecular weight excluding hydrogens is 443 g/mol. The number of fused-ring (bicyclic) bond motifs is 5. The number of halogens is 1. The maximum atomic E-state index is 13.4. The molecule has 2 atom stereocenters. The van der Waals surface area contributed by atoms with E-state index in [-0.39, 0.29) is 35.8 Å². The Balaban J connectivity index is 1.15. The first-order valence-electron chi connectivity index (χ1n) is 12.3. The lowest BCUT2D eigenvalue weighted by atomic mass is 9.84. The molecule has 2 bridgehead atoms. The SMILES string of the molecule is Cc1nc(F)ccc1C(=O)C1CC2CCC(C1)N2C(=O)OCC1c2ccccc2-c2ccccc21. The standard InChI is InChI=1S/C29H27FN2O3/c1-17-21(12-13-27(30)31-17)28(33)18-14-19-10-11-20(15-18)32(19)29(34)35-16-26-24-8-4-2-6-22(24)23-7-3-5-9-25(23)26/h2-9,12-13,18-20,26H,10-11,14-16H2,1H3. The second kappa shape index (κ2) is 8.59. The predicted octanol–water partition coefficient (Wildman–Crippen LogP) is 5.90. The maximum Gasteiger partial charge on any atom is 0.410 e. The van der Waals surface area contributed by atoms with E-state index in [1.54, 1.807) is 6.92 Å². The Morgan fingerprint density at radius 1 is 0.943 bits per heavy atom. The number of aryl methyl sites for hydroxylation is 1. The number of benzene rings is 2. The fourth-order valence-electron chi connectivity index (χ4n) is 6.37. The van der Waals surface area contributed by atoms with Gasteiger partial charge in [0, 0.05) is 29.5 Å². The van der Waals surface area contributed by atoms with Crippen LogP contribution in [0.2, 0.25) is 0 Å². The lowest BCUT2D eigenvalue weighted by Gasteiger charge is -2.37. The summed E-state index contributed by atoms with van der Waals surface area (Å²) in [6, 6.07) is 19.3. The van der Waals surface area contributed by atoms with Crippen LogP contribution in [0.1, 0.15) is 58.8 Å². The van der Waals surface area contributed by atoms with Gasteiger partial charge in [-0.15, -0.1) is 0 Å². The summed E-state index contributed by atoms with van der Waals surface area (Å²) >= 11 is 0. The van der Waals surface area contributed by atoms with Gasteiger partial charge in [0.1, 0.15) is 6.61 Å². The van der Waals surface area contributed by atoms with Gasteiger partial charge in [-0.3, -0.25) is 4.79 Å². The minimum Gasteiger partial charge on any atom is -0.448 e. The van der Waals surface area contributed by atoms with E-state index in [9.17, 15) is 14.0 Å². The first-order chi connectivity index (χ1) is 17.0. The van der Waals surface area contributed by atoms with E-state index in [0.29, 0.717) is 30.7 Å². The Hall–Kier alpha value is -3.54. The van der Waals surface area contributed by atoms with Crippen molar-refractivity contribution in [1.82, 2.24) is 9.88 Å². The third-order valence-corrected chi connectivity index (χ3v) is 7.97. The summed E-state index contributed by atoms with van der Waals surface area (Å²) in [5, 5.41) is 0. The number of ether oxygens (including phenoxy) is 1. The molecular formula is C29H27FN2O3. The van der Waals surface area contributed by atoms with Crippen molar-refractivity contribution in [2.75, 3.05) is 6.61 Å². The number of pyridine rings is 1. The van der Waals surface area contributed by atoms with Gasteiger partial charge in [-0.1, -0.05) is 48.5 Å². The Morgan fingerprint density at radius 2 is 1.54 bits per heavy atom. The molecule has 0 N–H and O–H groups in total. The highest BCUT2D eigenvalue weighted by Gasteiger charge is 2.46. The summed E-state index contributed by atoms with van der Waals surface area (Å²) in [6.45, 7) is 1.96. The zero-order valence-corrected chi connectivity index (χ0v) is 19.6. The van der Waals surface area contributed by atoms with Crippen LogP contribution < -0.4 is 0 Å². The molecule has 2 aromatic carbocycles. The Kier molecular flexibility index (Phi) is 5.39. The van der Waals surface area contributed by atoms with Crippen LogP contribution in [-0.2, 0) is 4.74 Å².